The van der Waals surface area contributed by atoms with Gasteiger partial charge in [0.1, 0.15) is 0 Å². The monoisotopic (exact) mass is 289 g/mol. The van der Waals surface area contributed by atoms with Gasteiger partial charge >= 0.3 is 0 Å². The van der Waals surface area contributed by atoms with Crippen LogP contribution < -0.4 is 5.32 Å². The standard InChI is InChI=1S/C11H13BrClNO/c1-8(6-13)7-14-11(15)9-2-4-10(12)5-3-9/h2-5,8H,6-7H2,1H3,(H,14,15). The molecule has 0 saturated carbocycles. The van der Waals surface area contributed by atoms with Gasteiger partial charge in [-0.3, -0.25) is 4.79 Å². The number of carbonyl (C=O) groups excluding carboxylic acids is 1. The molecule has 0 saturated heterocycles. The molecule has 0 aliphatic heterocycles. The van der Waals surface area contributed by atoms with Crippen molar-refractivity contribution in [2.45, 2.75) is 6.92 Å². The highest BCUT2D eigenvalue weighted by Gasteiger charge is 2.06. The summed E-state index contributed by atoms with van der Waals surface area (Å²) < 4.78 is 0.966. The van der Waals surface area contributed by atoms with E-state index in [4.69, 9.17) is 11.6 Å². The normalized spacial score (nSPS) is 12.2. The second-order valence-corrected chi connectivity index (χ2v) is 4.70. The highest BCUT2D eigenvalue weighted by molar-refractivity contribution is 9.10. The van der Waals surface area contributed by atoms with Crippen LogP contribution in [-0.2, 0) is 0 Å². The zero-order chi connectivity index (χ0) is 11.3. The molecule has 0 radical (unpaired) electrons. The highest BCUT2D eigenvalue weighted by atomic mass is 79.9. The maximum atomic E-state index is 11.6. The first-order chi connectivity index (χ1) is 7.13. The van der Waals surface area contributed by atoms with E-state index in [1.807, 2.05) is 19.1 Å². The first kappa shape index (κ1) is 12.5. The summed E-state index contributed by atoms with van der Waals surface area (Å²) in [4.78, 5) is 11.6. The largest absolute Gasteiger partial charge is 0.352 e. The topological polar surface area (TPSA) is 29.1 Å². The highest BCUT2D eigenvalue weighted by Crippen LogP contribution is 2.10. The van der Waals surface area contributed by atoms with E-state index in [0.29, 0.717) is 23.9 Å². The van der Waals surface area contributed by atoms with Crippen LogP contribution in [0.2, 0.25) is 0 Å². The van der Waals surface area contributed by atoms with Gasteiger partial charge in [-0.15, -0.1) is 11.6 Å². The van der Waals surface area contributed by atoms with Crippen LogP contribution in [0.5, 0.6) is 0 Å². The average Bonchev–Trinajstić information content (AvgIpc) is 2.26. The quantitative estimate of drug-likeness (QED) is 0.849. The SMILES string of the molecule is CC(CCl)CNC(=O)c1ccc(Br)cc1. The molecule has 0 bridgehead atoms. The first-order valence-electron chi connectivity index (χ1n) is 4.73. The summed E-state index contributed by atoms with van der Waals surface area (Å²) in [6, 6.07) is 7.26. The molecule has 4 heteroatoms. The van der Waals surface area contributed by atoms with Gasteiger partial charge in [-0.1, -0.05) is 22.9 Å². The zero-order valence-electron chi connectivity index (χ0n) is 8.47. The third kappa shape index (κ3) is 4.22. The van der Waals surface area contributed by atoms with Crippen molar-refractivity contribution < 1.29 is 4.79 Å². The summed E-state index contributed by atoms with van der Waals surface area (Å²) in [5.41, 5.74) is 0.667. The van der Waals surface area contributed by atoms with E-state index in [2.05, 4.69) is 21.2 Å². The molecule has 0 spiro atoms. The molecule has 1 rings (SSSR count). The molecule has 15 heavy (non-hydrogen) atoms. The van der Waals surface area contributed by atoms with Gasteiger partial charge in [0, 0.05) is 22.5 Å². The molecule has 0 aromatic heterocycles. The number of carbonyl (C=O) groups is 1. The fourth-order valence-corrected chi connectivity index (χ4v) is 1.40. The lowest BCUT2D eigenvalue weighted by atomic mass is 10.2. The number of halogens is 2. The minimum Gasteiger partial charge on any atom is -0.352 e. The van der Waals surface area contributed by atoms with Crippen LogP contribution in [0.15, 0.2) is 28.7 Å². The molecular formula is C11H13BrClNO. The molecule has 1 N–H and O–H groups in total. The molecule has 82 valence electrons. The Labute approximate surface area is 103 Å². The van der Waals surface area contributed by atoms with E-state index in [1.54, 1.807) is 12.1 Å². The van der Waals surface area contributed by atoms with E-state index in [0.717, 1.165) is 4.47 Å². The van der Waals surface area contributed by atoms with E-state index in [9.17, 15) is 4.79 Å². The zero-order valence-corrected chi connectivity index (χ0v) is 10.8. The summed E-state index contributed by atoms with van der Waals surface area (Å²) in [7, 11) is 0. The van der Waals surface area contributed by atoms with Crippen molar-refractivity contribution in [2.75, 3.05) is 12.4 Å². The van der Waals surface area contributed by atoms with Crippen molar-refractivity contribution >= 4 is 33.4 Å². The van der Waals surface area contributed by atoms with Crippen LogP contribution in [0.3, 0.4) is 0 Å². The van der Waals surface area contributed by atoms with E-state index < -0.39 is 0 Å². The van der Waals surface area contributed by atoms with Crippen LogP contribution in [0, 0.1) is 5.92 Å². The Morgan fingerprint density at radius 3 is 2.60 bits per heavy atom. The Bertz CT molecular complexity index is 326. The number of amides is 1. The van der Waals surface area contributed by atoms with Gasteiger partial charge in [0.05, 0.1) is 0 Å². The predicted octanol–water partition coefficient (Wildman–Crippen LogP) is 3.05. The molecule has 0 aliphatic carbocycles. The molecule has 0 heterocycles. The summed E-state index contributed by atoms with van der Waals surface area (Å²) in [5.74, 6) is 0.797. The molecule has 1 aromatic carbocycles. The number of benzene rings is 1. The Hall–Kier alpha value is -0.540. The molecule has 2 nitrogen and oxygen atoms in total. The van der Waals surface area contributed by atoms with E-state index in [1.165, 1.54) is 0 Å². The van der Waals surface area contributed by atoms with Crippen LogP contribution >= 0.6 is 27.5 Å². The maximum Gasteiger partial charge on any atom is 0.251 e. The van der Waals surface area contributed by atoms with Gasteiger partial charge in [0.25, 0.3) is 5.91 Å². The molecule has 0 aliphatic rings. The Morgan fingerprint density at radius 2 is 2.07 bits per heavy atom. The van der Waals surface area contributed by atoms with Gasteiger partial charge < -0.3 is 5.32 Å². The fraction of sp³-hybridized carbons (Fsp3) is 0.364. The minimum absolute atomic E-state index is 0.0560. The maximum absolute atomic E-state index is 11.6. The molecule has 1 atom stereocenters. The van der Waals surface area contributed by atoms with Gasteiger partial charge in [-0.05, 0) is 30.2 Å². The number of nitrogens with one attached hydrogen (secondary N) is 1. The number of alkyl halides is 1. The molecule has 1 amide bonds. The van der Waals surface area contributed by atoms with Crippen molar-refractivity contribution in [3.05, 3.63) is 34.3 Å². The Morgan fingerprint density at radius 1 is 1.47 bits per heavy atom. The summed E-state index contributed by atoms with van der Waals surface area (Å²) >= 11 is 8.96. The lowest BCUT2D eigenvalue weighted by Crippen LogP contribution is -2.28. The first-order valence-corrected chi connectivity index (χ1v) is 6.06. The lowest BCUT2D eigenvalue weighted by Gasteiger charge is -2.09. The van der Waals surface area contributed by atoms with Crippen LogP contribution in [0.4, 0.5) is 0 Å². The Kier molecular flexibility index (Phi) is 5.12. The lowest BCUT2D eigenvalue weighted by molar-refractivity contribution is 0.0949. The molecule has 1 unspecified atom stereocenters. The van der Waals surface area contributed by atoms with Crippen molar-refractivity contribution in [3.63, 3.8) is 0 Å². The van der Waals surface area contributed by atoms with Gasteiger partial charge in [-0.2, -0.15) is 0 Å². The summed E-state index contributed by atoms with van der Waals surface area (Å²) in [6.07, 6.45) is 0. The third-order valence-corrected chi connectivity index (χ3v) is 3.04. The third-order valence-electron chi connectivity index (χ3n) is 1.98. The number of hydrogen-bond acceptors (Lipinski definition) is 1. The van der Waals surface area contributed by atoms with Crippen LogP contribution in [0.25, 0.3) is 0 Å². The molecule has 0 fully saturated rings. The molecular weight excluding hydrogens is 277 g/mol. The minimum atomic E-state index is -0.0560. The van der Waals surface area contributed by atoms with Crippen molar-refractivity contribution in [2.24, 2.45) is 5.92 Å². The Balaban J connectivity index is 2.50. The fourth-order valence-electron chi connectivity index (χ4n) is 1.02. The van der Waals surface area contributed by atoms with Crippen molar-refractivity contribution in [1.29, 1.82) is 0 Å². The molecule has 1 aromatic rings. The van der Waals surface area contributed by atoms with E-state index in [-0.39, 0.29) is 5.91 Å². The summed E-state index contributed by atoms with van der Waals surface area (Å²) in [5, 5.41) is 2.83. The average molecular weight is 291 g/mol. The second kappa shape index (κ2) is 6.13. The number of hydrogen-bond donors (Lipinski definition) is 1. The van der Waals surface area contributed by atoms with Crippen LogP contribution in [-0.4, -0.2) is 18.3 Å². The van der Waals surface area contributed by atoms with Gasteiger partial charge in [0.2, 0.25) is 0 Å². The second-order valence-electron chi connectivity index (χ2n) is 3.48. The number of rotatable bonds is 4. The van der Waals surface area contributed by atoms with Crippen LogP contribution in [0.1, 0.15) is 17.3 Å². The summed E-state index contributed by atoms with van der Waals surface area (Å²) in [6.45, 7) is 2.60. The van der Waals surface area contributed by atoms with Gasteiger partial charge in [-0.25, -0.2) is 0 Å². The smallest absolute Gasteiger partial charge is 0.251 e. The van der Waals surface area contributed by atoms with Crippen molar-refractivity contribution in [1.82, 2.24) is 5.32 Å². The van der Waals surface area contributed by atoms with Gasteiger partial charge in [0.15, 0.2) is 0 Å². The predicted molar refractivity (Wildman–Crippen MR) is 66.4 cm³/mol. The van der Waals surface area contributed by atoms with E-state index >= 15 is 0 Å². The van der Waals surface area contributed by atoms with Crippen molar-refractivity contribution in [3.8, 4) is 0 Å².